The number of carbonyl (C=O) groups excluding carboxylic acids is 1. The van der Waals surface area contributed by atoms with E-state index in [0.29, 0.717) is 18.1 Å². The van der Waals surface area contributed by atoms with Crippen LogP contribution < -0.4 is 14.4 Å². The minimum atomic E-state index is 0.0862. The molecule has 0 saturated carbocycles. The van der Waals surface area contributed by atoms with Gasteiger partial charge in [0.1, 0.15) is 11.5 Å². The predicted molar refractivity (Wildman–Crippen MR) is 113 cm³/mol. The van der Waals surface area contributed by atoms with Gasteiger partial charge in [0.15, 0.2) is 0 Å². The first-order valence-electron chi connectivity index (χ1n) is 9.98. The molecule has 1 heterocycles. The highest BCUT2D eigenvalue weighted by atomic mass is 16.5. The molecule has 0 unspecified atom stereocenters. The molecule has 150 valence electrons. The van der Waals surface area contributed by atoms with Gasteiger partial charge in [-0.3, -0.25) is 4.79 Å². The lowest BCUT2D eigenvalue weighted by Crippen LogP contribution is -2.48. The van der Waals surface area contributed by atoms with Crippen molar-refractivity contribution in [1.82, 2.24) is 4.90 Å². The van der Waals surface area contributed by atoms with Crippen LogP contribution in [0.4, 0.5) is 5.69 Å². The fraction of sp³-hybridized carbons (Fsp3) is 0.435. The Kier molecular flexibility index (Phi) is 6.80. The van der Waals surface area contributed by atoms with E-state index in [9.17, 15) is 4.79 Å². The van der Waals surface area contributed by atoms with Crippen molar-refractivity contribution in [3.8, 4) is 11.5 Å². The maximum absolute atomic E-state index is 12.8. The lowest BCUT2D eigenvalue weighted by Gasteiger charge is -2.36. The Labute approximate surface area is 167 Å². The van der Waals surface area contributed by atoms with Gasteiger partial charge in [0.2, 0.25) is 0 Å². The van der Waals surface area contributed by atoms with E-state index in [-0.39, 0.29) is 5.91 Å². The van der Waals surface area contributed by atoms with E-state index >= 15 is 0 Å². The van der Waals surface area contributed by atoms with Crippen molar-refractivity contribution >= 4 is 11.6 Å². The maximum atomic E-state index is 12.8. The molecular weight excluding hydrogens is 352 g/mol. The monoisotopic (exact) mass is 382 g/mol. The summed E-state index contributed by atoms with van der Waals surface area (Å²) in [5.41, 5.74) is 1.88. The number of hydrogen-bond acceptors (Lipinski definition) is 4. The number of hydrogen-bond donors (Lipinski definition) is 0. The SMILES string of the molecule is COc1ccc(N2CCN(C(=O)c3ccc(OCCC(C)C)cc3)CC2)cc1. The average molecular weight is 383 g/mol. The minimum absolute atomic E-state index is 0.0862. The van der Waals surface area contributed by atoms with Crippen LogP contribution in [0.3, 0.4) is 0 Å². The van der Waals surface area contributed by atoms with Crippen molar-refractivity contribution in [3.05, 3.63) is 54.1 Å². The van der Waals surface area contributed by atoms with E-state index in [1.54, 1.807) is 7.11 Å². The van der Waals surface area contributed by atoms with Gasteiger partial charge in [-0.2, -0.15) is 0 Å². The Morgan fingerprint density at radius 3 is 2.11 bits per heavy atom. The molecule has 3 rings (SSSR count). The first-order chi connectivity index (χ1) is 13.6. The summed E-state index contributed by atoms with van der Waals surface area (Å²) in [6.07, 6.45) is 1.03. The van der Waals surface area contributed by atoms with Gasteiger partial charge >= 0.3 is 0 Å². The predicted octanol–water partition coefficient (Wildman–Crippen LogP) is 4.08. The van der Waals surface area contributed by atoms with Gasteiger partial charge < -0.3 is 19.3 Å². The summed E-state index contributed by atoms with van der Waals surface area (Å²) >= 11 is 0. The number of rotatable bonds is 7. The molecular formula is C23H30N2O3. The van der Waals surface area contributed by atoms with Gasteiger partial charge in [-0.25, -0.2) is 0 Å². The summed E-state index contributed by atoms with van der Waals surface area (Å²) in [7, 11) is 1.67. The Bertz CT molecular complexity index is 748. The fourth-order valence-corrected chi connectivity index (χ4v) is 3.25. The molecule has 0 N–H and O–H groups in total. The third-order valence-electron chi connectivity index (χ3n) is 5.07. The van der Waals surface area contributed by atoms with Crippen molar-refractivity contribution in [3.63, 3.8) is 0 Å². The van der Waals surface area contributed by atoms with E-state index < -0.39 is 0 Å². The molecule has 0 aliphatic carbocycles. The van der Waals surface area contributed by atoms with Crippen molar-refractivity contribution < 1.29 is 14.3 Å². The summed E-state index contributed by atoms with van der Waals surface area (Å²) in [4.78, 5) is 17.0. The quantitative estimate of drug-likeness (QED) is 0.724. The second kappa shape index (κ2) is 9.49. The molecule has 1 amide bonds. The molecule has 0 aromatic heterocycles. The molecule has 0 atom stereocenters. The Hall–Kier alpha value is -2.69. The summed E-state index contributed by atoms with van der Waals surface area (Å²) in [6, 6.07) is 15.6. The summed E-state index contributed by atoms with van der Waals surface area (Å²) in [5, 5.41) is 0. The Morgan fingerprint density at radius 1 is 0.929 bits per heavy atom. The molecule has 0 spiro atoms. The summed E-state index contributed by atoms with van der Waals surface area (Å²) in [5.74, 6) is 2.39. The topological polar surface area (TPSA) is 42.0 Å². The van der Waals surface area contributed by atoms with E-state index in [1.165, 1.54) is 0 Å². The number of benzene rings is 2. The normalized spacial score (nSPS) is 14.3. The van der Waals surface area contributed by atoms with E-state index in [2.05, 4.69) is 30.9 Å². The van der Waals surface area contributed by atoms with Crippen LogP contribution >= 0.6 is 0 Å². The smallest absolute Gasteiger partial charge is 0.253 e. The van der Waals surface area contributed by atoms with Crippen LogP contribution in [0.25, 0.3) is 0 Å². The summed E-state index contributed by atoms with van der Waals surface area (Å²) < 4.78 is 11.0. The van der Waals surface area contributed by atoms with Gasteiger partial charge in [0, 0.05) is 37.4 Å². The maximum Gasteiger partial charge on any atom is 0.253 e. The van der Waals surface area contributed by atoms with Crippen molar-refractivity contribution in [2.24, 2.45) is 5.92 Å². The molecule has 0 radical (unpaired) electrons. The first kappa shape index (κ1) is 20.1. The second-order valence-electron chi connectivity index (χ2n) is 7.53. The minimum Gasteiger partial charge on any atom is -0.497 e. The van der Waals surface area contributed by atoms with Gasteiger partial charge in [0.25, 0.3) is 5.91 Å². The lowest BCUT2D eigenvalue weighted by atomic mass is 10.1. The molecule has 1 saturated heterocycles. The molecule has 2 aromatic rings. The molecule has 0 bridgehead atoms. The molecule has 1 fully saturated rings. The van der Waals surface area contributed by atoms with Crippen molar-refractivity contribution in [2.75, 3.05) is 44.8 Å². The fourth-order valence-electron chi connectivity index (χ4n) is 3.25. The lowest BCUT2D eigenvalue weighted by molar-refractivity contribution is 0.0746. The highest BCUT2D eigenvalue weighted by Gasteiger charge is 2.22. The Balaban J connectivity index is 1.51. The standard InChI is InChI=1S/C23H30N2O3/c1-18(2)12-17-28-22-8-4-19(5-9-22)23(26)25-15-13-24(14-16-25)20-6-10-21(27-3)11-7-20/h4-11,18H,12-17H2,1-3H3. The first-order valence-corrected chi connectivity index (χ1v) is 9.98. The van der Waals surface area contributed by atoms with Gasteiger partial charge in [-0.05, 0) is 60.9 Å². The molecule has 1 aliphatic rings. The van der Waals surface area contributed by atoms with E-state index in [4.69, 9.17) is 9.47 Å². The van der Waals surface area contributed by atoms with Crippen LogP contribution in [-0.2, 0) is 0 Å². The number of amides is 1. The summed E-state index contributed by atoms with van der Waals surface area (Å²) in [6.45, 7) is 8.16. The highest BCUT2D eigenvalue weighted by molar-refractivity contribution is 5.94. The van der Waals surface area contributed by atoms with Gasteiger partial charge in [-0.15, -0.1) is 0 Å². The molecule has 1 aliphatic heterocycles. The number of anilines is 1. The molecule has 2 aromatic carbocycles. The van der Waals surface area contributed by atoms with Crippen molar-refractivity contribution in [2.45, 2.75) is 20.3 Å². The average Bonchev–Trinajstić information content (AvgIpc) is 2.74. The molecule has 28 heavy (non-hydrogen) atoms. The van der Waals surface area contributed by atoms with Crippen LogP contribution in [0.1, 0.15) is 30.6 Å². The van der Waals surface area contributed by atoms with Crippen LogP contribution in [0.2, 0.25) is 0 Å². The van der Waals surface area contributed by atoms with Crippen molar-refractivity contribution in [1.29, 1.82) is 0 Å². The zero-order valence-corrected chi connectivity index (χ0v) is 17.1. The zero-order valence-electron chi connectivity index (χ0n) is 17.1. The largest absolute Gasteiger partial charge is 0.497 e. The second-order valence-corrected chi connectivity index (χ2v) is 7.53. The number of carbonyl (C=O) groups is 1. The zero-order chi connectivity index (χ0) is 19.9. The van der Waals surface area contributed by atoms with Crippen LogP contribution in [0.5, 0.6) is 11.5 Å². The molecule has 5 heteroatoms. The third-order valence-corrected chi connectivity index (χ3v) is 5.07. The number of piperazine rings is 1. The van der Waals surface area contributed by atoms with Crippen LogP contribution in [0, 0.1) is 5.92 Å². The van der Waals surface area contributed by atoms with Gasteiger partial charge in [0.05, 0.1) is 13.7 Å². The van der Waals surface area contributed by atoms with Gasteiger partial charge in [-0.1, -0.05) is 13.8 Å². The number of methoxy groups -OCH3 is 1. The van der Waals surface area contributed by atoms with Crippen LogP contribution in [-0.4, -0.2) is 50.7 Å². The Morgan fingerprint density at radius 2 is 1.54 bits per heavy atom. The highest BCUT2D eigenvalue weighted by Crippen LogP contribution is 2.21. The molecule has 5 nitrogen and oxygen atoms in total. The van der Waals surface area contributed by atoms with E-state index in [0.717, 1.165) is 49.8 Å². The number of ether oxygens (including phenoxy) is 2. The third kappa shape index (κ3) is 5.18. The van der Waals surface area contributed by atoms with E-state index in [1.807, 2.05) is 41.3 Å². The van der Waals surface area contributed by atoms with Crippen LogP contribution in [0.15, 0.2) is 48.5 Å². The number of nitrogens with zero attached hydrogens (tertiary/aromatic N) is 2.